The van der Waals surface area contributed by atoms with Crippen molar-refractivity contribution in [2.75, 3.05) is 5.32 Å². The molecule has 112 valence electrons. The highest BCUT2D eigenvalue weighted by Crippen LogP contribution is 2.18. The van der Waals surface area contributed by atoms with Gasteiger partial charge in [-0.15, -0.1) is 0 Å². The number of rotatable bonds is 5. The van der Waals surface area contributed by atoms with Crippen LogP contribution in [0.1, 0.15) is 11.1 Å². The normalized spacial score (nSPS) is 10.9. The summed E-state index contributed by atoms with van der Waals surface area (Å²) in [4.78, 5) is 16.9. The third kappa shape index (κ3) is 3.84. The lowest BCUT2D eigenvalue weighted by Gasteiger charge is -2.10. The Balaban J connectivity index is 2.17. The van der Waals surface area contributed by atoms with Crippen molar-refractivity contribution in [2.24, 2.45) is 5.90 Å². The van der Waals surface area contributed by atoms with Crippen molar-refractivity contribution >= 4 is 17.2 Å². The summed E-state index contributed by atoms with van der Waals surface area (Å²) in [7, 11) is 0. The van der Waals surface area contributed by atoms with Crippen molar-refractivity contribution in [3.8, 4) is 0 Å². The standard InChI is InChI=1S/C18H18N2O2/c1-13-8-6-7-11-16(13)20-18(21)17(22-19)12-14(2)15-9-4-3-5-10-15/h3-12H,2,19H2,1H3,(H,20,21)/b17-12-. The number of carbonyl (C=O) groups is 1. The second-order valence-electron chi connectivity index (χ2n) is 4.79. The lowest BCUT2D eigenvalue weighted by molar-refractivity contribution is -0.116. The lowest BCUT2D eigenvalue weighted by atomic mass is 10.1. The van der Waals surface area contributed by atoms with Gasteiger partial charge in [-0.05, 0) is 35.8 Å². The first-order valence-electron chi connectivity index (χ1n) is 6.81. The van der Waals surface area contributed by atoms with E-state index in [0.717, 1.165) is 11.1 Å². The SMILES string of the molecule is C=C(/C=C(\ON)C(=O)Nc1ccccc1C)c1ccccc1. The van der Waals surface area contributed by atoms with E-state index in [1.165, 1.54) is 6.08 Å². The van der Waals surface area contributed by atoms with Crippen molar-refractivity contribution in [3.63, 3.8) is 0 Å². The average molecular weight is 294 g/mol. The molecule has 0 radical (unpaired) electrons. The fourth-order valence-corrected chi connectivity index (χ4v) is 1.94. The predicted molar refractivity (Wildman–Crippen MR) is 88.6 cm³/mol. The van der Waals surface area contributed by atoms with Crippen LogP contribution in [0.15, 0.2) is 73.0 Å². The van der Waals surface area contributed by atoms with E-state index in [-0.39, 0.29) is 5.76 Å². The topological polar surface area (TPSA) is 64.3 Å². The first-order chi connectivity index (χ1) is 10.6. The maximum absolute atomic E-state index is 12.2. The minimum atomic E-state index is -0.422. The highest BCUT2D eigenvalue weighted by Gasteiger charge is 2.12. The van der Waals surface area contributed by atoms with Crippen LogP contribution >= 0.6 is 0 Å². The summed E-state index contributed by atoms with van der Waals surface area (Å²) in [6.45, 7) is 5.84. The molecule has 0 aliphatic carbocycles. The van der Waals surface area contributed by atoms with Crippen LogP contribution in [-0.2, 0) is 9.63 Å². The van der Waals surface area contributed by atoms with Crippen LogP contribution in [0.5, 0.6) is 0 Å². The molecule has 0 bridgehead atoms. The van der Waals surface area contributed by atoms with Crippen molar-refractivity contribution in [3.05, 3.63) is 84.1 Å². The number of benzene rings is 2. The minimum Gasteiger partial charge on any atom is -0.406 e. The quantitative estimate of drug-likeness (QED) is 0.384. The van der Waals surface area contributed by atoms with Gasteiger partial charge in [-0.2, -0.15) is 5.90 Å². The minimum absolute atomic E-state index is 0.00268. The van der Waals surface area contributed by atoms with Crippen LogP contribution in [0.2, 0.25) is 0 Å². The highest BCUT2D eigenvalue weighted by molar-refractivity contribution is 6.04. The summed E-state index contributed by atoms with van der Waals surface area (Å²) in [6.07, 6.45) is 1.52. The van der Waals surface area contributed by atoms with Crippen molar-refractivity contribution in [2.45, 2.75) is 6.92 Å². The van der Waals surface area contributed by atoms with E-state index in [0.29, 0.717) is 11.3 Å². The Hall–Kier alpha value is -2.85. The van der Waals surface area contributed by atoms with Crippen LogP contribution in [0.3, 0.4) is 0 Å². The molecule has 0 spiro atoms. The molecule has 22 heavy (non-hydrogen) atoms. The van der Waals surface area contributed by atoms with Crippen molar-refractivity contribution in [1.82, 2.24) is 0 Å². The van der Waals surface area contributed by atoms with E-state index in [4.69, 9.17) is 10.7 Å². The fourth-order valence-electron chi connectivity index (χ4n) is 1.94. The number of nitrogens with one attached hydrogen (secondary N) is 1. The molecule has 3 N–H and O–H groups in total. The Kier molecular flexibility index (Phi) is 5.11. The molecule has 0 aliphatic rings. The Morgan fingerprint density at radius 1 is 1.14 bits per heavy atom. The number of aryl methyl sites for hydroxylation is 1. The van der Waals surface area contributed by atoms with Gasteiger partial charge in [-0.3, -0.25) is 4.79 Å². The van der Waals surface area contributed by atoms with E-state index < -0.39 is 5.91 Å². The van der Waals surface area contributed by atoms with E-state index in [1.54, 1.807) is 0 Å². The van der Waals surface area contributed by atoms with Crippen LogP contribution in [0, 0.1) is 6.92 Å². The van der Waals surface area contributed by atoms with Crippen molar-refractivity contribution < 1.29 is 9.63 Å². The second kappa shape index (κ2) is 7.24. The summed E-state index contributed by atoms with van der Waals surface area (Å²) in [5, 5.41) is 2.76. The van der Waals surface area contributed by atoms with Gasteiger partial charge >= 0.3 is 0 Å². The first kappa shape index (κ1) is 15.5. The number of allylic oxidation sites excluding steroid dienone is 2. The molecular formula is C18H18N2O2. The largest absolute Gasteiger partial charge is 0.406 e. The second-order valence-corrected chi connectivity index (χ2v) is 4.79. The van der Waals surface area contributed by atoms with Gasteiger partial charge in [0.15, 0.2) is 0 Å². The van der Waals surface area contributed by atoms with E-state index in [2.05, 4.69) is 11.9 Å². The molecule has 0 aliphatic heterocycles. The molecule has 0 saturated carbocycles. The molecule has 0 heterocycles. The molecule has 0 unspecified atom stereocenters. The summed E-state index contributed by atoms with van der Waals surface area (Å²) in [5.74, 6) is 4.80. The maximum Gasteiger partial charge on any atom is 0.293 e. The molecule has 2 rings (SSSR count). The first-order valence-corrected chi connectivity index (χ1v) is 6.81. The van der Waals surface area contributed by atoms with E-state index in [9.17, 15) is 4.79 Å². The molecule has 4 heteroatoms. The number of hydrogen-bond donors (Lipinski definition) is 2. The number of amides is 1. The number of anilines is 1. The average Bonchev–Trinajstić information content (AvgIpc) is 2.55. The van der Waals surface area contributed by atoms with Gasteiger partial charge in [0.2, 0.25) is 5.76 Å². The maximum atomic E-state index is 12.2. The molecule has 0 aromatic heterocycles. The van der Waals surface area contributed by atoms with Gasteiger partial charge in [0.05, 0.1) is 0 Å². The van der Waals surface area contributed by atoms with E-state index in [1.807, 2.05) is 61.5 Å². The monoisotopic (exact) mass is 294 g/mol. The molecule has 2 aromatic carbocycles. The number of carbonyl (C=O) groups excluding carboxylic acids is 1. The van der Waals surface area contributed by atoms with E-state index >= 15 is 0 Å². The number of para-hydroxylation sites is 1. The van der Waals surface area contributed by atoms with Crippen LogP contribution in [0.25, 0.3) is 5.57 Å². The Morgan fingerprint density at radius 2 is 1.77 bits per heavy atom. The van der Waals surface area contributed by atoms with Gasteiger partial charge in [-0.25, -0.2) is 0 Å². The zero-order chi connectivity index (χ0) is 15.9. The van der Waals surface area contributed by atoms with Gasteiger partial charge in [0, 0.05) is 5.69 Å². The molecule has 1 amide bonds. The molecule has 0 fully saturated rings. The molecule has 0 saturated heterocycles. The zero-order valence-electron chi connectivity index (χ0n) is 12.4. The summed E-state index contributed by atoms with van der Waals surface area (Å²) >= 11 is 0. The van der Waals surface area contributed by atoms with Gasteiger partial charge in [0.25, 0.3) is 5.91 Å². The molecule has 2 aromatic rings. The third-order valence-electron chi connectivity index (χ3n) is 3.19. The lowest BCUT2D eigenvalue weighted by Crippen LogP contribution is -2.19. The van der Waals surface area contributed by atoms with Crippen LogP contribution < -0.4 is 11.2 Å². The Labute approximate surface area is 129 Å². The smallest absolute Gasteiger partial charge is 0.293 e. The van der Waals surface area contributed by atoms with Gasteiger partial charge in [0.1, 0.15) is 0 Å². The van der Waals surface area contributed by atoms with Gasteiger partial charge in [-0.1, -0.05) is 55.1 Å². The third-order valence-corrected chi connectivity index (χ3v) is 3.19. The van der Waals surface area contributed by atoms with Gasteiger partial charge < -0.3 is 10.2 Å². The summed E-state index contributed by atoms with van der Waals surface area (Å²) in [5.41, 5.74) is 3.19. The molecule has 4 nitrogen and oxygen atoms in total. The summed E-state index contributed by atoms with van der Waals surface area (Å²) < 4.78 is 0. The highest BCUT2D eigenvalue weighted by atomic mass is 16.6. The molecular weight excluding hydrogens is 276 g/mol. The number of hydrogen-bond acceptors (Lipinski definition) is 3. The molecule has 0 atom stereocenters. The summed E-state index contributed by atoms with van der Waals surface area (Å²) in [6, 6.07) is 17.0. The number of nitrogens with two attached hydrogens (primary N) is 1. The Bertz CT molecular complexity index is 706. The van der Waals surface area contributed by atoms with Crippen LogP contribution in [-0.4, -0.2) is 5.91 Å². The fraction of sp³-hybridized carbons (Fsp3) is 0.0556. The van der Waals surface area contributed by atoms with Crippen molar-refractivity contribution in [1.29, 1.82) is 0 Å². The predicted octanol–water partition coefficient (Wildman–Crippen LogP) is 3.42. The zero-order valence-corrected chi connectivity index (χ0v) is 12.4. The van der Waals surface area contributed by atoms with Crippen LogP contribution in [0.4, 0.5) is 5.69 Å². The Morgan fingerprint density at radius 3 is 2.41 bits per heavy atom.